The molecule has 1 aliphatic heterocycles. The van der Waals surface area contributed by atoms with Gasteiger partial charge in [-0.15, -0.1) is 11.3 Å². The molecule has 11 heteroatoms. The normalized spacial score (nSPS) is 16.7. The number of nitrogens with two attached hydrogens (primary N) is 1. The Morgan fingerprint density at radius 2 is 2.11 bits per heavy atom. The molecule has 36 heavy (non-hydrogen) atoms. The largest absolute Gasteiger partial charge is 0.435 e. The fourth-order valence-corrected chi connectivity index (χ4v) is 5.35. The lowest BCUT2D eigenvalue weighted by Gasteiger charge is -2.33. The Balaban J connectivity index is 1.82. The summed E-state index contributed by atoms with van der Waals surface area (Å²) in [6, 6.07) is 9.98. The number of hydrogen-bond donors (Lipinski definition) is 2. The lowest BCUT2D eigenvalue weighted by Crippen LogP contribution is -2.37. The van der Waals surface area contributed by atoms with Gasteiger partial charge in [-0.05, 0) is 29.7 Å². The van der Waals surface area contributed by atoms with E-state index in [9.17, 15) is 23.2 Å². The number of nitriles is 1. The van der Waals surface area contributed by atoms with Crippen molar-refractivity contribution in [3.05, 3.63) is 75.3 Å². The number of thiophene rings is 1. The number of halogens is 3. The minimum Gasteiger partial charge on any atom is -0.394 e. The topological polar surface area (TPSA) is 108 Å². The van der Waals surface area contributed by atoms with Gasteiger partial charge in [-0.1, -0.05) is 30.3 Å². The van der Waals surface area contributed by atoms with Crippen LogP contribution in [0.3, 0.4) is 0 Å². The van der Waals surface area contributed by atoms with Gasteiger partial charge in [-0.3, -0.25) is 9.48 Å². The van der Waals surface area contributed by atoms with Crippen molar-refractivity contribution < 1.29 is 23.1 Å². The van der Waals surface area contributed by atoms with Gasteiger partial charge in [0, 0.05) is 47.8 Å². The van der Waals surface area contributed by atoms with Crippen LogP contribution in [0.25, 0.3) is 11.1 Å². The number of benzene rings is 1. The first-order valence-electron chi connectivity index (χ1n) is 11.3. The van der Waals surface area contributed by atoms with Crippen molar-refractivity contribution in [2.75, 3.05) is 13.2 Å². The molecule has 188 valence electrons. The maximum absolute atomic E-state index is 13.9. The molecule has 1 amide bonds. The summed E-state index contributed by atoms with van der Waals surface area (Å²) in [5.74, 6) is -0.799. The summed E-state index contributed by atoms with van der Waals surface area (Å²) >= 11 is 1.26. The zero-order chi connectivity index (χ0) is 26.0. The quantitative estimate of drug-likeness (QED) is 0.485. The van der Waals surface area contributed by atoms with E-state index in [4.69, 9.17) is 10.8 Å². The van der Waals surface area contributed by atoms with Gasteiger partial charge >= 0.3 is 6.18 Å². The molecule has 0 radical (unpaired) electrons. The number of carbonyl (C=O) groups is 1. The Kier molecular flexibility index (Phi) is 7.31. The highest BCUT2D eigenvalue weighted by Crippen LogP contribution is 2.44. The van der Waals surface area contributed by atoms with Crippen molar-refractivity contribution in [1.82, 2.24) is 14.7 Å². The van der Waals surface area contributed by atoms with Gasteiger partial charge < -0.3 is 15.7 Å². The first kappa shape index (κ1) is 25.6. The summed E-state index contributed by atoms with van der Waals surface area (Å²) in [4.78, 5) is 15.8. The molecule has 3 N–H and O–H groups in total. The van der Waals surface area contributed by atoms with Crippen molar-refractivity contribution in [1.29, 1.82) is 5.26 Å². The van der Waals surface area contributed by atoms with E-state index in [0.29, 0.717) is 16.0 Å². The molecular weight excluding hydrogens is 491 g/mol. The molecular formula is C25H24F3N5O2S. The fourth-order valence-electron chi connectivity index (χ4n) is 4.32. The van der Waals surface area contributed by atoms with Gasteiger partial charge in [0.05, 0.1) is 13.2 Å². The predicted molar refractivity (Wildman–Crippen MR) is 129 cm³/mol. The molecule has 7 nitrogen and oxygen atoms in total. The summed E-state index contributed by atoms with van der Waals surface area (Å²) in [5, 5.41) is 22.4. The monoisotopic (exact) mass is 515 g/mol. The molecule has 1 aliphatic rings. The third-order valence-corrected chi connectivity index (χ3v) is 7.09. The van der Waals surface area contributed by atoms with Crippen LogP contribution >= 0.6 is 11.3 Å². The number of fused-ring (bicyclic) bond motifs is 1. The second kappa shape index (κ2) is 10.3. The van der Waals surface area contributed by atoms with E-state index >= 15 is 0 Å². The van der Waals surface area contributed by atoms with E-state index < -0.39 is 23.8 Å². The molecule has 4 rings (SSSR count). The smallest absolute Gasteiger partial charge is 0.394 e. The lowest BCUT2D eigenvalue weighted by atomic mass is 9.83. The Morgan fingerprint density at radius 1 is 1.36 bits per heavy atom. The Labute approximate surface area is 209 Å². The molecule has 1 aromatic carbocycles. The molecule has 0 unspecified atom stereocenters. The minimum absolute atomic E-state index is 0.0329. The van der Waals surface area contributed by atoms with Crippen LogP contribution < -0.4 is 5.73 Å². The molecule has 0 saturated carbocycles. The minimum atomic E-state index is -4.64. The Hall–Kier alpha value is -3.46. The van der Waals surface area contributed by atoms with E-state index in [-0.39, 0.29) is 37.7 Å². The van der Waals surface area contributed by atoms with E-state index in [0.717, 1.165) is 10.4 Å². The summed E-state index contributed by atoms with van der Waals surface area (Å²) in [6.07, 6.45) is -0.553. The van der Waals surface area contributed by atoms with Gasteiger partial charge in [0.2, 0.25) is 5.91 Å². The lowest BCUT2D eigenvalue weighted by molar-refractivity contribution is -0.141. The number of aliphatic hydroxyl groups is 1. The van der Waals surface area contributed by atoms with Gasteiger partial charge in [0.15, 0.2) is 5.69 Å². The highest BCUT2D eigenvalue weighted by molar-refractivity contribution is 7.12. The fraction of sp³-hybridized carbons (Fsp3) is 0.320. The number of nitrogens with zero attached hydrogens (tertiary/aromatic N) is 4. The average molecular weight is 516 g/mol. The third-order valence-electron chi connectivity index (χ3n) is 6.05. The molecule has 0 saturated heterocycles. The number of rotatable bonds is 6. The standard InChI is InChI=1S/C25H24F3N5O2S/c1-2-33-12-21(24(31-33)25(26,27)28)18-6-4-3-5-17(18)20-11-32(23(35)8-7-15(30)14-34)13-22-19(20)9-16(10-29)36-22/h3-9,12,15,20,34H,2,11,13-14,30H2,1H3/b8-7+/t15-,20+/m1/s1. The van der Waals surface area contributed by atoms with E-state index in [1.165, 1.54) is 34.4 Å². The zero-order valence-electron chi connectivity index (χ0n) is 19.4. The van der Waals surface area contributed by atoms with Crippen LogP contribution in [0, 0.1) is 11.3 Å². The first-order chi connectivity index (χ1) is 17.2. The van der Waals surface area contributed by atoms with Crippen LogP contribution in [0.2, 0.25) is 0 Å². The van der Waals surface area contributed by atoms with Crippen molar-refractivity contribution in [2.24, 2.45) is 5.73 Å². The molecule has 0 bridgehead atoms. The number of aliphatic hydroxyl groups excluding tert-OH is 1. The number of aryl methyl sites for hydroxylation is 1. The highest BCUT2D eigenvalue weighted by atomic mass is 32.1. The van der Waals surface area contributed by atoms with Crippen LogP contribution in [-0.4, -0.2) is 44.9 Å². The Bertz CT molecular complexity index is 1340. The van der Waals surface area contributed by atoms with E-state index in [1.54, 1.807) is 42.2 Å². The number of amides is 1. The van der Waals surface area contributed by atoms with E-state index in [1.807, 2.05) is 0 Å². The predicted octanol–water partition coefficient (Wildman–Crippen LogP) is 3.87. The van der Waals surface area contributed by atoms with E-state index in [2.05, 4.69) is 11.2 Å². The number of carbonyl (C=O) groups excluding carboxylic acids is 1. The molecule has 2 atom stereocenters. The van der Waals surface area contributed by atoms with Crippen molar-refractivity contribution in [3.8, 4) is 17.2 Å². The summed E-state index contributed by atoms with van der Waals surface area (Å²) in [6.45, 7) is 2.14. The number of alkyl halides is 3. The van der Waals surface area contributed by atoms with Gasteiger partial charge in [-0.25, -0.2) is 0 Å². The number of aromatic nitrogens is 2. The molecule has 2 aromatic heterocycles. The second-order valence-electron chi connectivity index (χ2n) is 8.41. The highest BCUT2D eigenvalue weighted by Gasteiger charge is 2.39. The maximum Gasteiger partial charge on any atom is 0.435 e. The maximum atomic E-state index is 13.9. The Morgan fingerprint density at radius 3 is 2.78 bits per heavy atom. The van der Waals surface area contributed by atoms with Crippen molar-refractivity contribution >= 4 is 17.2 Å². The van der Waals surface area contributed by atoms with Crippen LogP contribution in [0.4, 0.5) is 13.2 Å². The van der Waals surface area contributed by atoms with Crippen LogP contribution in [0.5, 0.6) is 0 Å². The van der Waals surface area contributed by atoms with Gasteiger partial charge in [0.1, 0.15) is 10.9 Å². The average Bonchev–Trinajstić information content (AvgIpc) is 3.50. The summed E-state index contributed by atoms with van der Waals surface area (Å²) in [5.41, 5.74) is 6.47. The second-order valence-corrected chi connectivity index (χ2v) is 9.55. The molecule has 0 spiro atoms. The summed E-state index contributed by atoms with van der Waals surface area (Å²) < 4.78 is 42.9. The van der Waals surface area contributed by atoms with Crippen LogP contribution in [0.1, 0.15) is 39.4 Å². The summed E-state index contributed by atoms with van der Waals surface area (Å²) in [7, 11) is 0. The van der Waals surface area contributed by atoms with Crippen LogP contribution in [0.15, 0.2) is 48.7 Å². The third kappa shape index (κ3) is 5.06. The van der Waals surface area contributed by atoms with Crippen molar-refractivity contribution in [3.63, 3.8) is 0 Å². The zero-order valence-corrected chi connectivity index (χ0v) is 20.2. The molecule has 0 fully saturated rings. The number of hydrogen-bond acceptors (Lipinski definition) is 6. The first-order valence-corrected chi connectivity index (χ1v) is 12.1. The van der Waals surface area contributed by atoms with Gasteiger partial charge in [-0.2, -0.15) is 23.5 Å². The van der Waals surface area contributed by atoms with Crippen LogP contribution in [-0.2, 0) is 24.1 Å². The molecule has 0 aliphatic carbocycles. The van der Waals surface area contributed by atoms with Crippen molar-refractivity contribution in [2.45, 2.75) is 38.1 Å². The molecule has 3 heterocycles. The molecule has 3 aromatic rings. The SMILES string of the molecule is CCn1cc(-c2ccccc2[C@@H]2CN(C(=O)/C=C/[C@@H](N)CO)Cc3sc(C#N)cc32)c(C(F)(F)F)n1. The van der Waals surface area contributed by atoms with Gasteiger partial charge in [0.25, 0.3) is 0 Å².